The van der Waals surface area contributed by atoms with Gasteiger partial charge in [0.2, 0.25) is 0 Å². The molecule has 4 nitrogen and oxygen atoms in total. The van der Waals surface area contributed by atoms with E-state index in [0.29, 0.717) is 24.4 Å². The predicted molar refractivity (Wildman–Crippen MR) is 99.5 cm³/mol. The third kappa shape index (κ3) is 4.27. The molecule has 0 aliphatic carbocycles. The van der Waals surface area contributed by atoms with Crippen LogP contribution in [0, 0.1) is 0 Å². The molecule has 0 spiro atoms. The Bertz CT molecular complexity index is 825. The summed E-state index contributed by atoms with van der Waals surface area (Å²) < 4.78 is 42.1. The molecule has 2 heterocycles. The van der Waals surface area contributed by atoms with Gasteiger partial charge in [0.05, 0.1) is 11.1 Å². The number of alkyl halides is 3. The molecule has 0 bridgehead atoms. The molecular weight excluding hydrogens is 449 g/mol. The van der Waals surface area contributed by atoms with Crippen molar-refractivity contribution in [2.45, 2.75) is 32.3 Å². The molecule has 0 aromatic heterocycles. The van der Waals surface area contributed by atoms with Gasteiger partial charge in [-0.05, 0) is 43.7 Å². The fourth-order valence-electron chi connectivity index (χ4n) is 3.41. The predicted octanol–water partition coefficient (Wildman–Crippen LogP) is 5.01. The summed E-state index contributed by atoms with van der Waals surface area (Å²) in [4.78, 5) is 16.7. The number of rotatable bonds is 3. The van der Waals surface area contributed by atoms with Crippen molar-refractivity contribution >= 4 is 33.4 Å². The molecule has 0 N–H and O–H groups in total. The van der Waals surface area contributed by atoms with Gasteiger partial charge < -0.3 is 14.5 Å². The van der Waals surface area contributed by atoms with Gasteiger partial charge in [0.15, 0.2) is 0 Å². The molecule has 2 atom stereocenters. The summed E-state index contributed by atoms with van der Waals surface area (Å²) in [6, 6.07) is 3.64. The number of amides is 1. The molecule has 2 aliphatic heterocycles. The van der Waals surface area contributed by atoms with Crippen molar-refractivity contribution in [2.75, 3.05) is 13.1 Å². The zero-order valence-corrected chi connectivity index (χ0v) is 16.9. The third-order valence-corrected chi connectivity index (χ3v) is 5.41. The second kappa shape index (κ2) is 7.39. The number of carbonyl (C=O) groups excluding carboxylic acids is 1. The fraction of sp³-hybridized carbons (Fsp3) is 0.389. The second-order valence-corrected chi connectivity index (χ2v) is 7.95. The zero-order chi connectivity index (χ0) is 19.9. The van der Waals surface area contributed by atoms with Crippen LogP contribution >= 0.6 is 27.5 Å². The maximum atomic E-state index is 13.0. The maximum Gasteiger partial charge on any atom is 0.573 e. The summed E-state index contributed by atoms with van der Waals surface area (Å²) in [6.07, 6.45) is -1.19. The van der Waals surface area contributed by atoms with Gasteiger partial charge in [-0.1, -0.05) is 33.6 Å². The Morgan fingerprint density at radius 2 is 2.04 bits per heavy atom. The monoisotopic (exact) mass is 464 g/mol. The topological polar surface area (TPSA) is 32.8 Å². The average Bonchev–Trinajstić information content (AvgIpc) is 2.55. The van der Waals surface area contributed by atoms with Crippen molar-refractivity contribution in [3.8, 4) is 5.75 Å². The van der Waals surface area contributed by atoms with E-state index in [9.17, 15) is 18.0 Å². The zero-order valence-electron chi connectivity index (χ0n) is 14.6. The first-order valence-corrected chi connectivity index (χ1v) is 9.43. The smallest absolute Gasteiger partial charge is 0.404 e. The number of benzene rings is 1. The summed E-state index contributed by atoms with van der Waals surface area (Å²) in [7, 11) is 0. The Morgan fingerprint density at radius 1 is 1.33 bits per heavy atom. The molecule has 0 radical (unpaired) electrons. The molecule has 0 saturated carbocycles. The first-order valence-electron chi connectivity index (χ1n) is 8.26. The van der Waals surface area contributed by atoms with Crippen molar-refractivity contribution in [1.29, 1.82) is 0 Å². The molecule has 2 aliphatic rings. The molecule has 27 heavy (non-hydrogen) atoms. The van der Waals surface area contributed by atoms with E-state index in [0.717, 1.165) is 4.48 Å². The lowest BCUT2D eigenvalue weighted by atomic mass is 10.0. The van der Waals surface area contributed by atoms with E-state index in [1.54, 1.807) is 11.0 Å². The quantitative estimate of drug-likeness (QED) is 0.629. The van der Waals surface area contributed by atoms with Crippen molar-refractivity contribution in [3.05, 3.63) is 51.1 Å². The molecule has 1 fully saturated rings. The van der Waals surface area contributed by atoms with Crippen molar-refractivity contribution in [3.63, 3.8) is 0 Å². The lowest BCUT2D eigenvalue weighted by Crippen LogP contribution is -2.55. The van der Waals surface area contributed by atoms with E-state index in [1.165, 1.54) is 18.2 Å². The molecule has 146 valence electrons. The Kier molecular flexibility index (Phi) is 5.49. The van der Waals surface area contributed by atoms with Gasteiger partial charge in [0.1, 0.15) is 11.4 Å². The second-order valence-electron chi connectivity index (χ2n) is 6.52. The van der Waals surface area contributed by atoms with E-state index in [2.05, 4.69) is 20.7 Å². The Hall–Kier alpha value is -1.67. The highest BCUT2D eigenvalue weighted by atomic mass is 79.9. The minimum Gasteiger partial charge on any atom is -0.404 e. The van der Waals surface area contributed by atoms with Crippen LogP contribution in [0.2, 0.25) is 5.02 Å². The molecule has 2 unspecified atom stereocenters. The van der Waals surface area contributed by atoms with Crippen LogP contribution in [0.25, 0.3) is 0 Å². The minimum absolute atomic E-state index is 0.0760. The standard InChI is InChI=1S/C18H17BrClF3N2O2/c1-10-8-24-9-13(19)4-5-15(24)17(26)25(10)11(2)12-3-6-16(14(20)7-12)27-18(21,22)23/h3-7,10-11H,8-9H2,1-2H3. The van der Waals surface area contributed by atoms with Gasteiger partial charge in [-0.25, -0.2) is 0 Å². The van der Waals surface area contributed by atoms with Gasteiger partial charge in [0, 0.05) is 23.6 Å². The largest absolute Gasteiger partial charge is 0.573 e. The van der Waals surface area contributed by atoms with Gasteiger partial charge in [-0.3, -0.25) is 4.79 Å². The van der Waals surface area contributed by atoms with Gasteiger partial charge in [0.25, 0.3) is 5.91 Å². The molecule has 1 amide bonds. The number of hydrogen-bond donors (Lipinski definition) is 0. The summed E-state index contributed by atoms with van der Waals surface area (Å²) in [5.41, 5.74) is 1.24. The molecule has 1 aromatic rings. The number of halogens is 5. The summed E-state index contributed by atoms with van der Waals surface area (Å²) in [5.74, 6) is -0.585. The molecule has 3 rings (SSSR count). The van der Waals surface area contributed by atoms with Crippen molar-refractivity contribution < 1.29 is 22.7 Å². The van der Waals surface area contributed by atoms with E-state index in [-0.39, 0.29) is 23.0 Å². The van der Waals surface area contributed by atoms with Crippen LogP contribution < -0.4 is 4.74 Å². The van der Waals surface area contributed by atoms with Crippen LogP contribution in [0.1, 0.15) is 25.5 Å². The Balaban J connectivity index is 1.86. The van der Waals surface area contributed by atoms with E-state index in [4.69, 9.17) is 11.6 Å². The Labute approximate surface area is 168 Å². The number of piperazine rings is 1. The van der Waals surface area contributed by atoms with Crippen molar-refractivity contribution in [1.82, 2.24) is 9.80 Å². The van der Waals surface area contributed by atoms with E-state index < -0.39 is 12.1 Å². The number of ether oxygens (including phenoxy) is 1. The van der Waals surface area contributed by atoms with Crippen LogP contribution in [-0.2, 0) is 4.79 Å². The molecule has 9 heteroatoms. The fourth-order valence-corrected chi connectivity index (χ4v) is 4.07. The van der Waals surface area contributed by atoms with E-state index >= 15 is 0 Å². The van der Waals surface area contributed by atoms with Gasteiger partial charge >= 0.3 is 6.36 Å². The van der Waals surface area contributed by atoms with Crippen LogP contribution in [0.3, 0.4) is 0 Å². The third-order valence-electron chi connectivity index (χ3n) is 4.60. The number of fused-ring (bicyclic) bond motifs is 1. The molecule has 1 aromatic carbocycles. The van der Waals surface area contributed by atoms with Crippen LogP contribution in [0.15, 0.2) is 40.5 Å². The first kappa shape index (κ1) is 20.1. The highest BCUT2D eigenvalue weighted by molar-refractivity contribution is 9.11. The van der Waals surface area contributed by atoms with Crippen LogP contribution in [0.5, 0.6) is 5.75 Å². The average molecular weight is 466 g/mol. The van der Waals surface area contributed by atoms with E-state index in [1.807, 2.05) is 24.8 Å². The van der Waals surface area contributed by atoms with Gasteiger partial charge in [-0.2, -0.15) is 0 Å². The minimum atomic E-state index is -4.81. The molecular formula is C18H17BrClF3N2O2. The number of nitrogens with zero attached hydrogens (tertiary/aromatic N) is 2. The lowest BCUT2D eigenvalue weighted by Gasteiger charge is -2.45. The number of hydrogen-bond acceptors (Lipinski definition) is 3. The van der Waals surface area contributed by atoms with Crippen LogP contribution in [0.4, 0.5) is 13.2 Å². The lowest BCUT2D eigenvalue weighted by molar-refractivity contribution is -0.274. The molecule has 1 saturated heterocycles. The summed E-state index contributed by atoms with van der Waals surface area (Å²) in [5, 5.41) is -0.154. The Morgan fingerprint density at radius 3 is 2.67 bits per heavy atom. The van der Waals surface area contributed by atoms with Crippen molar-refractivity contribution in [2.24, 2.45) is 0 Å². The highest BCUT2D eigenvalue weighted by Gasteiger charge is 2.38. The normalized spacial score (nSPS) is 21.4. The number of carbonyl (C=O) groups is 1. The highest BCUT2D eigenvalue weighted by Crippen LogP contribution is 2.36. The summed E-state index contributed by atoms with van der Waals surface area (Å²) in [6.45, 7) is 5.07. The SMILES string of the molecule is CC1CN2CC(Br)=CC=C2C(=O)N1C(C)c1ccc(OC(F)(F)F)c(Cl)c1. The van der Waals surface area contributed by atoms with Crippen LogP contribution in [-0.4, -0.2) is 41.2 Å². The van der Waals surface area contributed by atoms with Gasteiger partial charge in [-0.15, -0.1) is 13.2 Å². The summed E-state index contributed by atoms with van der Waals surface area (Å²) >= 11 is 9.41. The first-order chi connectivity index (χ1) is 12.6. The number of allylic oxidation sites excluding steroid dienone is 2. The maximum absolute atomic E-state index is 13.0.